The van der Waals surface area contributed by atoms with Crippen molar-refractivity contribution in [3.05, 3.63) is 62.8 Å². The Hall–Kier alpha value is -2.25. The molecule has 0 saturated heterocycles. The molecule has 0 saturated carbocycles. The van der Waals surface area contributed by atoms with Gasteiger partial charge in [-0.1, -0.05) is 11.8 Å². The van der Waals surface area contributed by atoms with Crippen molar-refractivity contribution in [2.45, 2.75) is 31.6 Å². The average molecular weight is 368 g/mol. The molecule has 0 N–H and O–H groups in total. The molecular formula is C18H16N4OS2. The first-order chi connectivity index (χ1) is 12.0. The predicted octanol–water partition coefficient (Wildman–Crippen LogP) is 3.92. The lowest BCUT2D eigenvalue weighted by molar-refractivity contribution is 1.00. The third-order valence-electron chi connectivity index (χ3n) is 4.16. The van der Waals surface area contributed by atoms with Gasteiger partial charge in [0, 0.05) is 28.3 Å². The van der Waals surface area contributed by atoms with Crippen LogP contribution in [0.3, 0.4) is 0 Å². The zero-order valence-electron chi connectivity index (χ0n) is 14.1. The molecule has 0 aliphatic rings. The average Bonchev–Trinajstić information content (AvgIpc) is 2.87. The van der Waals surface area contributed by atoms with Crippen LogP contribution in [-0.2, 0) is 5.75 Å². The van der Waals surface area contributed by atoms with Crippen LogP contribution in [0, 0.1) is 20.8 Å². The number of thiophene rings is 1. The normalized spacial score (nSPS) is 11.5. The monoisotopic (exact) mass is 368 g/mol. The van der Waals surface area contributed by atoms with Crippen molar-refractivity contribution >= 4 is 39.0 Å². The molecule has 0 aromatic carbocycles. The number of aromatic nitrogens is 4. The lowest BCUT2D eigenvalue weighted by atomic mass is 10.2. The molecule has 0 fully saturated rings. The number of hydrogen-bond acceptors (Lipinski definition) is 6. The van der Waals surface area contributed by atoms with Gasteiger partial charge in [0.25, 0.3) is 5.56 Å². The summed E-state index contributed by atoms with van der Waals surface area (Å²) >= 11 is 3.28. The number of fused-ring (bicyclic) bond motifs is 2. The van der Waals surface area contributed by atoms with E-state index in [1.54, 1.807) is 46.1 Å². The van der Waals surface area contributed by atoms with E-state index in [2.05, 4.69) is 28.8 Å². The van der Waals surface area contributed by atoms with Crippen molar-refractivity contribution in [2.24, 2.45) is 0 Å². The fraction of sp³-hybridized carbons (Fsp3) is 0.222. The maximum absolute atomic E-state index is 12.3. The third-order valence-corrected chi connectivity index (χ3v) is 6.30. The summed E-state index contributed by atoms with van der Waals surface area (Å²) in [5.74, 6) is 0.597. The van der Waals surface area contributed by atoms with E-state index < -0.39 is 0 Å². The molecule has 4 aromatic rings. The van der Waals surface area contributed by atoms with Gasteiger partial charge in [-0.05, 0) is 44.0 Å². The maximum atomic E-state index is 12.3. The topological polar surface area (TPSA) is 60.2 Å². The van der Waals surface area contributed by atoms with E-state index in [-0.39, 0.29) is 5.56 Å². The van der Waals surface area contributed by atoms with Crippen molar-refractivity contribution < 1.29 is 0 Å². The summed E-state index contributed by atoms with van der Waals surface area (Å²) in [6.07, 6.45) is 3.37. The van der Waals surface area contributed by atoms with Gasteiger partial charge in [0.2, 0.25) is 0 Å². The first-order valence-corrected chi connectivity index (χ1v) is 9.65. The second kappa shape index (κ2) is 6.24. The van der Waals surface area contributed by atoms with E-state index in [4.69, 9.17) is 0 Å². The van der Waals surface area contributed by atoms with Crippen molar-refractivity contribution in [1.29, 1.82) is 0 Å². The van der Waals surface area contributed by atoms with Gasteiger partial charge < -0.3 is 0 Å². The highest BCUT2D eigenvalue weighted by atomic mass is 32.2. The summed E-state index contributed by atoms with van der Waals surface area (Å²) < 4.78 is 1.57. The molecule has 5 nitrogen and oxygen atoms in total. The summed E-state index contributed by atoms with van der Waals surface area (Å²) in [6, 6.07) is 5.42. The molecule has 0 aliphatic heterocycles. The van der Waals surface area contributed by atoms with Crippen LogP contribution in [0.1, 0.15) is 21.7 Å². The second-order valence-electron chi connectivity index (χ2n) is 5.95. The van der Waals surface area contributed by atoms with Gasteiger partial charge in [0.15, 0.2) is 0 Å². The SMILES string of the molecule is Cc1ccn2c(=O)cc(CSc3ncnc4sc(C)c(C)c34)nc2c1. The molecular weight excluding hydrogens is 352 g/mol. The largest absolute Gasteiger partial charge is 0.269 e. The van der Waals surface area contributed by atoms with Gasteiger partial charge in [-0.3, -0.25) is 9.20 Å². The number of hydrogen-bond donors (Lipinski definition) is 0. The summed E-state index contributed by atoms with van der Waals surface area (Å²) in [7, 11) is 0. The molecule has 0 bridgehead atoms. The Labute approximate surface area is 152 Å². The van der Waals surface area contributed by atoms with Crippen LogP contribution < -0.4 is 5.56 Å². The molecule has 0 amide bonds. The first-order valence-electron chi connectivity index (χ1n) is 7.85. The molecule has 4 rings (SSSR count). The summed E-state index contributed by atoms with van der Waals surface area (Å²) in [5, 5.41) is 2.06. The van der Waals surface area contributed by atoms with Crippen LogP contribution in [0.5, 0.6) is 0 Å². The highest BCUT2D eigenvalue weighted by Gasteiger charge is 2.13. The van der Waals surface area contributed by atoms with Crippen molar-refractivity contribution in [3.8, 4) is 0 Å². The Bertz CT molecular complexity index is 1160. The Morgan fingerprint density at radius 1 is 1.20 bits per heavy atom. The minimum atomic E-state index is -0.0593. The molecule has 25 heavy (non-hydrogen) atoms. The van der Waals surface area contributed by atoms with E-state index in [0.717, 1.165) is 26.5 Å². The second-order valence-corrected chi connectivity index (χ2v) is 8.12. The fourth-order valence-corrected chi connectivity index (χ4v) is 4.74. The van der Waals surface area contributed by atoms with Gasteiger partial charge in [-0.25, -0.2) is 15.0 Å². The first kappa shape index (κ1) is 16.2. The number of thioether (sulfide) groups is 1. The standard InChI is InChI=1S/C18H16N4OS2/c1-10-4-5-22-14(6-10)21-13(7-15(22)23)8-24-17-16-11(2)12(3)25-18(16)20-9-19-17/h4-7,9H,8H2,1-3H3. The van der Waals surface area contributed by atoms with Crippen LogP contribution in [0.25, 0.3) is 15.9 Å². The molecule has 0 unspecified atom stereocenters. The zero-order valence-corrected chi connectivity index (χ0v) is 15.7. The molecule has 4 aromatic heterocycles. The van der Waals surface area contributed by atoms with Crippen molar-refractivity contribution in [2.75, 3.05) is 0 Å². The molecule has 0 spiro atoms. The van der Waals surface area contributed by atoms with Crippen LogP contribution >= 0.6 is 23.1 Å². The van der Waals surface area contributed by atoms with E-state index in [9.17, 15) is 4.79 Å². The van der Waals surface area contributed by atoms with Gasteiger partial charge >= 0.3 is 0 Å². The maximum Gasteiger partial charge on any atom is 0.258 e. The smallest absolute Gasteiger partial charge is 0.258 e. The summed E-state index contributed by atoms with van der Waals surface area (Å²) in [6.45, 7) is 6.20. The number of pyridine rings is 1. The van der Waals surface area contributed by atoms with E-state index in [1.807, 2.05) is 19.1 Å². The van der Waals surface area contributed by atoms with Gasteiger partial charge in [0.05, 0.1) is 5.69 Å². The number of aryl methyl sites for hydroxylation is 3. The molecule has 0 aliphatic carbocycles. The Balaban J connectivity index is 1.70. The van der Waals surface area contributed by atoms with Crippen LogP contribution in [0.2, 0.25) is 0 Å². The van der Waals surface area contributed by atoms with E-state index >= 15 is 0 Å². The van der Waals surface area contributed by atoms with Crippen molar-refractivity contribution in [1.82, 2.24) is 19.4 Å². The van der Waals surface area contributed by atoms with Gasteiger partial charge in [-0.2, -0.15) is 0 Å². The Kier molecular flexibility index (Phi) is 4.05. The van der Waals surface area contributed by atoms with Crippen molar-refractivity contribution in [3.63, 3.8) is 0 Å². The van der Waals surface area contributed by atoms with E-state index in [1.165, 1.54) is 10.4 Å². The number of rotatable bonds is 3. The summed E-state index contributed by atoms with van der Waals surface area (Å²) in [4.78, 5) is 28.0. The molecule has 4 heterocycles. The highest BCUT2D eigenvalue weighted by molar-refractivity contribution is 7.98. The van der Waals surface area contributed by atoms with Crippen LogP contribution in [0.15, 0.2) is 40.5 Å². The zero-order chi connectivity index (χ0) is 17.6. The van der Waals surface area contributed by atoms with Gasteiger partial charge in [0.1, 0.15) is 21.8 Å². The minimum absolute atomic E-state index is 0.0593. The fourth-order valence-electron chi connectivity index (χ4n) is 2.73. The minimum Gasteiger partial charge on any atom is -0.269 e. The quantitative estimate of drug-likeness (QED) is 0.405. The molecule has 126 valence electrons. The Morgan fingerprint density at radius 2 is 2.04 bits per heavy atom. The van der Waals surface area contributed by atoms with Crippen LogP contribution in [0.4, 0.5) is 0 Å². The molecule has 7 heteroatoms. The van der Waals surface area contributed by atoms with Crippen LogP contribution in [-0.4, -0.2) is 19.4 Å². The summed E-state index contributed by atoms with van der Waals surface area (Å²) in [5.41, 5.74) is 3.69. The Morgan fingerprint density at radius 3 is 2.88 bits per heavy atom. The highest BCUT2D eigenvalue weighted by Crippen LogP contribution is 2.35. The molecule has 0 atom stereocenters. The predicted molar refractivity (Wildman–Crippen MR) is 103 cm³/mol. The molecule has 0 radical (unpaired) electrons. The lowest BCUT2D eigenvalue weighted by Crippen LogP contribution is -2.15. The lowest BCUT2D eigenvalue weighted by Gasteiger charge is -2.06. The third kappa shape index (κ3) is 2.94. The van der Waals surface area contributed by atoms with Gasteiger partial charge in [-0.15, -0.1) is 11.3 Å². The number of nitrogens with zero attached hydrogens (tertiary/aromatic N) is 4. The van der Waals surface area contributed by atoms with E-state index in [0.29, 0.717) is 11.4 Å².